The molecular weight excluding hydrogens is 319 g/mol. The molecule has 0 bridgehead atoms. The minimum Gasteiger partial charge on any atom is -0.369 e. The predicted molar refractivity (Wildman–Crippen MR) is 93.1 cm³/mol. The number of carbonyl (C=O) groups excluding carboxylic acids is 2. The SMILES string of the molecule is NC(=O)[C@H](CNC(=O)[C@H]1C[C@H]1c1ccccc1)Cc1ccc(F)cc1. The third-order valence-corrected chi connectivity index (χ3v) is 4.68. The van der Waals surface area contributed by atoms with Crippen LogP contribution in [0.1, 0.15) is 23.5 Å². The minimum absolute atomic E-state index is 0.0400. The molecule has 4 nitrogen and oxygen atoms in total. The summed E-state index contributed by atoms with van der Waals surface area (Å²) in [5, 5.41) is 2.84. The molecule has 130 valence electrons. The molecule has 25 heavy (non-hydrogen) atoms. The van der Waals surface area contributed by atoms with Gasteiger partial charge in [-0.3, -0.25) is 9.59 Å². The zero-order chi connectivity index (χ0) is 17.8. The number of amides is 2. The summed E-state index contributed by atoms with van der Waals surface area (Å²) in [5.74, 6) is -1.14. The molecule has 5 heteroatoms. The first-order valence-corrected chi connectivity index (χ1v) is 8.41. The van der Waals surface area contributed by atoms with E-state index in [-0.39, 0.29) is 30.1 Å². The van der Waals surface area contributed by atoms with Crippen LogP contribution in [0.3, 0.4) is 0 Å². The van der Waals surface area contributed by atoms with E-state index in [1.165, 1.54) is 17.7 Å². The largest absolute Gasteiger partial charge is 0.369 e. The standard InChI is InChI=1S/C20H21FN2O2/c21-16-8-6-13(7-9-16)10-15(19(22)24)12-23-20(25)18-11-17(18)14-4-2-1-3-5-14/h1-9,15,17-18H,10-12H2,(H2,22,24)(H,23,25)/t15-,17-,18-/m0/s1. The van der Waals surface area contributed by atoms with Gasteiger partial charge in [-0.2, -0.15) is 0 Å². The fraction of sp³-hybridized carbons (Fsp3) is 0.300. The Kier molecular flexibility index (Phi) is 5.12. The fourth-order valence-corrected chi connectivity index (χ4v) is 3.09. The first kappa shape index (κ1) is 17.1. The van der Waals surface area contributed by atoms with Crippen LogP contribution in [0.4, 0.5) is 4.39 Å². The number of primary amides is 1. The smallest absolute Gasteiger partial charge is 0.223 e. The van der Waals surface area contributed by atoms with E-state index in [0.29, 0.717) is 6.42 Å². The quantitative estimate of drug-likeness (QED) is 0.812. The van der Waals surface area contributed by atoms with Crippen LogP contribution in [-0.4, -0.2) is 18.4 Å². The summed E-state index contributed by atoms with van der Waals surface area (Å²) in [7, 11) is 0. The predicted octanol–water partition coefficient (Wildman–Crippen LogP) is 2.39. The van der Waals surface area contributed by atoms with Crippen molar-refractivity contribution in [2.45, 2.75) is 18.8 Å². The topological polar surface area (TPSA) is 72.2 Å². The molecule has 0 unspecified atom stereocenters. The molecule has 2 aromatic rings. The lowest BCUT2D eigenvalue weighted by atomic mass is 9.98. The lowest BCUT2D eigenvalue weighted by Gasteiger charge is -2.14. The maximum Gasteiger partial charge on any atom is 0.223 e. The molecule has 0 saturated heterocycles. The van der Waals surface area contributed by atoms with Crippen molar-refractivity contribution >= 4 is 11.8 Å². The first-order chi connectivity index (χ1) is 12.0. The summed E-state index contributed by atoms with van der Waals surface area (Å²) in [6.07, 6.45) is 1.21. The molecule has 2 amide bonds. The van der Waals surface area contributed by atoms with Crippen molar-refractivity contribution in [3.05, 3.63) is 71.5 Å². The molecule has 0 aliphatic heterocycles. The Labute approximate surface area is 146 Å². The van der Waals surface area contributed by atoms with Gasteiger partial charge >= 0.3 is 0 Å². The molecule has 1 aliphatic carbocycles. The van der Waals surface area contributed by atoms with E-state index in [2.05, 4.69) is 5.32 Å². The molecule has 1 aliphatic rings. The van der Waals surface area contributed by atoms with Gasteiger partial charge in [0.25, 0.3) is 0 Å². The van der Waals surface area contributed by atoms with Crippen LogP contribution in [0.15, 0.2) is 54.6 Å². The Balaban J connectivity index is 1.52. The normalized spacial score (nSPS) is 19.9. The molecule has 3 atom stereocenters. The van der Waals surface area contributed by atoms with Crippen LogP contribution in [0.25, 0.3) is 0 Å². The van der Waals surface area contributed by atoms with Gasteiger partial charge in [-0.1, -0.05) is 42.5 Å². The summed E-state index contributed by atoms with van der Waals surface area (Å²) in [6.45, 7) is 0.198. The maximum atomic E-state index is 13.0. The Morgan fingerprint density at radius 2 is 1.80 bits per heavy atom. The van der Waals surface area contributed by atoms with Crippen LogP contribution in [0.5, 0.6) is 0 Å². The lowest BCUT2D eigenvalue weighted by molar-refractivity contribution is -0.124. The van der Waals surface area contributed by atoms with E-state index in [9.17, 15) is 14.0 Å². The number of carbonyl (C=O) groups is 2. The Morgan fingerprint density at radius 3 is 2.44 bits per heavy atom. The third-order valence-electron chi connectivity index (χ3n) is 4.68. The van der Waals surface area contributed by atoms with Gasteiger partial charge in [0.1, 0.15) is 5.82 Å². The number of rotatable bonds is 7. The molecule has 3 rings (SSSR count). The summed E-state index contributed by atoms with van der Waals surface area (Å²) in [6, 6.07) is 15.9. The second-order valence-electron chi connectivity index (χ2n) is 6.53. The highest BCUT2D eigenvalue weighted by molar-refractivity contribution is 5.84. The van der Waals surface area contributed by atoms with Crippen LogP contribution < -0.4 is 11.1 Å². The van der Waals surface area contributed by atoms with Gasteiger partial charge in [0.15, 0.2) is 0 Å². The molecule has 0 heterocycles. The molecule has 3 N–H and O–H groups in total. The maximum absolute atomic E-state index is 13.0. The molecule has 0 aromatic heterocycles. The highest BCUT2D eigenvalue weighted by Gasteiger charge is 2.43. The first-order valence-electron chi connectivity index (χ1n) is 8.41. The van der Waals surface area contributed by atoms with Gasteiger partial charge in [-0.05, 0) is 42.0 Å². The van der Waals surface area contributed by atoms with Crippen molar-refractivity contribution < 1.29 is 14.0 Å². The lowest BCUT2D eigenvalue weighted by Crippen LogP contribution is -2.38. The van der Waals surface area contributed by atoms with Gasteiger partial charge < -0.3 is 11.1 Å². The van der Waals surface area contributed by atoms with Crippen molar-refractivity contribution in [1.82, 2.24) is 5.32 Å². The molecular formula is C20H21FN2O2. The van der Waals surface area contributed by atoms with Crippen LogP contribution in [-0.2, 0) is 16.0 Å². The van der Waals surface area contributed by atoms with Crippen LogP contribution >= 0.6 is 0 Å². The fourth-order valence-electron chi connectivity index (χ4n) is 3.09. The summed E-state index contributed by atoms with van der Waals surface area (Å²) in [4.78, 5) is 24.0. The second kappa shape index (κ2) is 7.47. The van der Waals surface area contributed by atoms with Crippen LogP contribution in [0.2, 0.25) is 0 Å². The van der Waals surface area contributed by atoms with Gasteiger partial charge in [-0.15, -0.1) is 0 Å². The van der Waals surface area contributed by atoms with Crippen molar-refractivity contribution in [2.75, 3.05) is 6.54 Å². The molecule has 0 spiro atoms. The monoisotopic (exact) mass is 340 g/mol. The van der Waals surface area contributed by atoms with E-state index < -0.39 is 11.8 Å². The van der Waals surface area contributed by atoms with Crippen molar-refractivity contribution in [1.29, 1.82) is 0 Å². The highest BCUT2D eigenvalue weighted by Crippen LogP contribution is 2.47. The Morgan fingerprint density at radius 1 is 1.12 bits per heavy atom. The zero-order valence-corrected chi connectivity index (χ0v) is 13.8. The average molecular weight is 340 g/mol. The van der Waals surface area contributed by atoms with E-state index >= 15 is 0 Å². The number of hydrogen-bond acceptors (Lipinski definition) is 2. The van der Waals surface area contributed by atoms with Gasteiger partial charge in [0.2, 0.25) is 11.8 Å². The molecule has 1 fully saturated rings. The average Bonchev–Trinajstić information content (AvgIpc) is 3.41. The second-order valence-corrected chi connectivity index (χ2v) is 6.53. The van der Waals surface area contributed by atoms with Gasteiger partial charge in [-0.25, -0.2) is 4.39 Å². The summed E-state index contributed by atoms with van der Waals surface area (Å²) >= 11 is 0. The van der Waals surface area contributed by atoms with E-state index in [1.54, 1.807) is 12.1 Å². The van der Waals surface area contributed by atoms with Crippen molar-refractivity contribution in [3.63, 3.8) is 0 Å². The van der Waals surface area contributed by atoms with Gasteiger partial charge in [0, 0.05) is 12.5 Å². The minimum atomic E-state index is -0.511. The summed E-state index contributed by atoms with van der Waals surface area (Å²) in [5.41, 5.74) is 7.43. The van der Waals surface area contributed by atoms with E-state index in [0.717, 1.165) is 12.0 Å². The highest BCUT2D eigenvalue weighted by atomic mass is 19.1. The third kappa shape index (κ3) is 4.44. The molecule has 0 radical (unpaired) electrons. The Hall–Kier alpha value is -2.69. The number of nitrogens with two attached hydrogens (primary N) is 1. The number of benzene rings is 2. The zero-order valence-electron chi connectivity index (χ0n) is 13.8. The van der Waals surface area contributed by atoms with Crippen molar-refractivity contribution in [3.8, 4) is 0 Å². The van der Waals surface area contributed by atoms with E-state index in [4.69, 9.17) is 5.73 Å². The molecule has 2 aromatic carbocycles. The molecule has 1 saturated carbocycles. The van der Waals surface area contributed by atoms with Crippen molar-refractivity contribution in [2.24, 2.45) is 17.6 Å². The number of nitrogens with one attached hydrogen (secondary N) is 1. The number of hydrogen-bond donors (Lipinski definition) is 2. The van der Waals surface area contributed by atoms with Gasteiger partial charge in [0.05, 0.1) is 5.92 Å². The number of halogens is 1. The van der Waals surface area contributed by atoms with E-state index in [1.807, 2.05) is 30.3 Å². The van der Waals surface area contributed by atoms with Crippen LogP contribution in [0, 0.1) is 17.7 Å². The summed E-state index contributed by atoms with van der Waals surface area (Å²) < 4.78 is 13.0. The Bertz CT molecular complexity index is 746.